The molecule has 5 rings (SSSR count). The fourth-order valence-electron chi connectivity index (χ4n) is 4.18. The Morgan fingerprint density at radius 1 is 1.20 bits per heavy atom. The molecule has 35 heavy (non-hydrogen) atoms. The van der Waals surface area contributed by atoms with E-state index in [1.165, 1.54) is 59.5 Å². The highest BCUT2D eigenvalue weighted by atomic mass is 32.1. The van der Waals surface area contributed by atoms with Crippen LogP contribution in [0.25, 0.3) is 11.0 Å². The molecule has 4 heterocycles. The maximum absolute atomic E-state index is 13.5. The van der Waals surface area contributed by atoms with Gasteiger partial charge in [-0.05, 0) is 35.2 Å². The van der Waals surface area contributed by atoms with Crippen LogP contribution in [0.5, 0.6) is 5.75 Å². The number of carbonyl (C=O) groups excluding carboxylic acids is 1. The SMILES string of the molecule is COc1ccnc2c1c(=O)n(CC(=O)N1N=C(c3cccs3)C[C@@H]1c1ccc(F)cc1)c(=O)n2C. The predicted octanol–water partition coefficient (Wildman–Crippen LogP) is 2.68. The summed E-state index contributed by atoms with van der Waals surface area (Å²) in [5, 5.41) is 7.83. The summed E-state index contributed by atoms with van der Waals surface area (Å²) in [4.78, 5) is 44.8. The number of hydrazone groups is 1. The Hall–Kier alpha value is -4.12. The van der Waals surface area contributed by atoms with Crippen molar-refractivity contribution in [2.45, 2.75) is 19.0 Å². The Balaban J connectivity index is 1.57. The zero-order chi connectivity index (χ0) is 24.7. The zero-order valence-electron chi connectivity index (χ0n) is 18.8. The van der Waals surface area contributed by atoms with Crippen molar-refractivity contribution in [3.63, 3.8) is 0 Å². The average Bonchev–Trinajstić information content (AvgIpc) is 3.55. The maximum atomic E-state index is 13.5. The normalized spacial score (nSPS) is 15.5. The number of halogens is 1. The van der Waals surface area contributed by atoms with Crippen molar-refractivity contribution in [1.82, 2.24) is 19.1 Å². The molecular formula is C24H20FN5O4S. The molecule has 0 aliphatic carbocycles. The molecule has 0 fully saturated rings. The van der Waals surface area contributed by atoms with Gasteiger partial charge in [-0.3, -0.25) is 14.2 Å². The number of hydrogen-bond donors (Lipinski definition) is 0. The summed E-state index contributed by atoms with van der Waals surface area (Å²) in [5.74, 6) is -0.690. The number of carbonyl (C=O) groups is 1. The molecule has 178 valence electrons. The smallest absolute Gasteiger partial charge is 0.332 e. The van der Waals surface area contributed by atoms with Crippen LogP contribution >= 0.6 is 11.3 Å². The summed E-state index contributed by atoms with van der Waals surface area (Å²) in [6, 6.07) is 10.7. The minimum Gasteiger partial charge on any atom is -0.496 e. The molecule has 0 spiro atoms. The van der Waals surface area contributed by atoms with Crippen LogP contribution in [0.4, 0.5) is 4.39 Å². The molecule has 0 saturated carbocycles. The van der Waals surface area contributed by atoms with E-state index in [-0.39, 0.29) is 16.8 Å². The first kappa shape index (κ1) is 22.7. The number of amides is 1. The third-order valence-corrected chi connectivity index (χ3v) is 6.85. The highest BCUT2D eigenvalue weighted by molar-refractivity contribution is 7.12. The van der Waals surface area contributed by atoms with Crippen LogP contribution < -0.4 is 16.0 Å². The summed E-state index contributed by atoms with van der Waals surface area (Å²) in [6.45, 7) is -0.529. The van der Waals surface area contributed by atoms with Gasteiger partial charge in [-0.25, -0.2) is 23.7 Å². The third-order valence-electron chi connectivity index (χ3n) is 5.93. The lowest BCUT2D eigenvalue weighted by Gasteiger charge is -2.22. The van der Waals surface area contributed by atoms with Gasteiger partial charge in [0.1, 0.15) is 23.5 Å². The van der Waals surface area contributed by atoms with Crippen LogP contribution in [0.15, 0.2) is 68.7 Å². The Morgan fingerprint density at radius 3 is 2.66 bits per heavy atom. The van der Waals surface area contributed by atoms with E-state index < -0.39 is 35.6 Å². The molecule has 1 aliphatic rings. The van der Waals surface area contributed by atoms with E-state index in [0.717, 1.165) is 9.44 Å². The number of fused-ring (bicyclic) bond motifs is 1. The van der Waals surface area contributed by atoms with Crippen LogP contribution in [0.3, 0.4) is 0 Å². The highest BCUT2D eigenvalue weighted by Crippen LogP contribution is 2.34. The Bertz CT molecular complexity index is 1570. The molecule has 0 N–H and O–H groups in total. The number of rotatable bonds is 5. The quantitative estimate of drug-likeness (QED) is 0.426. The van der Waals surface area contributed by atoms with Crippen LogP contribution in [-0.2, 0) is 18.4 Å². The van der Waals surface area contributed by atoms with Gasteiger partial charge in [-0.15, -0.1) is 11.3 Å². The molecule has 0 unspecified atom stereocenters. The first-order valence-corrected chi connectivity index (χ1v) is 11.6. The topological polar surface area (TPSA) is 98.8 Å². The van der Waals surface area contributed by atoms with Gasteiger partial charge in [0.25, 0.3) is 11.5 Å². The molecule has 1 aromatic carbocycles. The van der Waals surface area contributed by atoms with Gasteiger partial charge < -0.3 is 4.74 Å². The van der Waals surface area contributed by atoms with E-state index in [1.807, 2.05) is 17.5 Å². The number of aryl methyl sites for hydroxylation is 1. The summed E-state index contributed by atoms with van der Waals surface area (Å²) >= 11 is 1.49. The lowest BCUT2D eigenvalue weighted by atomic mass is 10.0. The second kappa shape index (κ2) is 8.91. The number of pyridine rings is 1. The lowest BCUT2D eigenvalue weighted by molar-refractivity contribution is -0.133. The largest absolute Gasteiger partial charge is 0.496 e. The fraction of sp³-hybridized carbons (Fsp3) is 0.208. The summed E-state index contributed by atoms with van der Waals surface area (Å²) in [5.41, 5.74) is 0.191. The number of benzene rings is 1. The van der Waals surface area contributed by atoms with E-state index in [1.54, 1.807) is 12.1 Å². The third kappa shape index (κ3) is 3.93. The molecule has 0 bridgehead atoms. The summed E-state index contributed by atoms with van der Waals surface area (Å²) in [7, 11) is 2.88. The van der Waals surface area contributed by atoms with E-state index in [2.05, 4.69) is 10.1 Å². The van der Waals surface area contributed by atoms with E-state index in [4.69, 9.17) is 4.74 Å². The van der Waals surface area contributed by atoms with Gasteiger partial charge in [0.2, 0.25) is 0 Å². The van der Waals surface area contributed by atoms with E-state index in [0.29, 0.717) is 17.7 Å². The molecule has 3 aromatic heterocycles. The van der Waals surface area contributed by atoms with E-state index >= 15 is 0 Å². The van der Waals surface area contributed by atoms with Gasteiger partial charge in [0.05, 0.1) is 23.7 Å². The number of methoxy groups -OCH3 is 1. The van der Waals surface area contributed by atoms with E-state index in [9.17, 15) is 18.8 Å². The van der Waals surface area contributed by atoms with Gasteiger partial charge in [-0.2, -0.15) is 5.10 Å². The summed E-state index contributed by atoms with van der Waals surface area (Å²) in [6.07, 6.45) is 1.86. The Kier molecular flexibility index (Phi) is 5.77. The minimum atomic E-state index is -0.684. The first-order chi connectivity index (χ1) is 16.9. The standard InChI is InChI=1S/C24H20FN5O4S/c1-28-22-21(18(34-2)9-10-26-22)23(32)29(24(28)33)13-20(31)30-17(14-5-7-15(25)8-6-14)12-16(27-30)19-4-3-11-35-19/h3-11,17H,12-13H2,1-2H3/t17-/m1/s1. The monoisotopic (exact) mass is 493 g/mol. The van der Waals surface area contributed by atoms with Gasteiger partial charge in [0.15, 0.2) is 5.65 Å². The molecular weight excluding hydrogens is 473 g/mol. The molecule has 1 amide bonds. The molecule has 4 aromatic rings. The first-order valence-electron chi connectivity index (χ1n) is 10.7. The zero-order valence-corrected chi connectivity index (χ0v) is 19.7. The van der Waals surface area contributed by atoms with Crippen molar-refractivity contribution in [1.29, 1.82) is 0 Å². The molecule has 0 radical (unpaired) electrons. The molecule has 1 atom stereocenters. The maximum Gasteiger partial charge on any atom is 0.332 e. The number of nitrogens with zero attached hydrogens (tertiary/aromatic N) is 5. The van der Waals surface area contributed by atoms with Crippen molar-refractivity contribution >= 4 is 34.0 Å². The lowest BCUT2D eigenvalue weighted by Crippen LogP contribution is -2.43. The van der Waals surface area contributed by atoms with Gasteiger partial charge in [0, 0.05) is 19.7 Å². The summed E-state index contributed by atoms with van der Waals surface area (Å²) < 4.78 is 20.9. The second-order valence-electron chi connectivity index (χ2n) is 7.98. The predicted molar refractivity (Wildman–Crippen MR) is 129 cm³/mol. The van der Waals surface area contributed by atoms with Crippen molar-refractivity contribution in [2.75, 3.05) is 7.11 Å². The number of hydrogen-bond acceptors (Lipinski definition) is 7. The number of ether oxygens (including phenoxy) is 1. The Morgan fingerprint density at radius 2 is 1.97 bits per heavy atom. The molecule has 11 heteroatoms. The van der Waals surface area contributed by atoms with Crippen LogP contribution in [0.1, 0.15) is 22.9 Å². The van der Waals surface area contributed by atoms with Crippen LogP contribution in [0, 0.1) is 5.82 Å². The molecule has 9 nitrogen and oxygen atoms in total. The number of aromatic nitrogens is 3. The van der Waals surface area contributed by atoms with Crippen molar-refractivity contribution < 1.29 is 13.9 Å². The second-order valence-corrected chi connectivity index (χ2v) is 8.93. The van der Waals surface area contributed by atoms with Crippen LogP contribution in [0.2, 0.25) is 0 Å². The highest BCUT2D eigenvalue weighted by Gasteiger charge is 2.34. The Labute approximate surface area is 202 Å². The van der Waals surface area contributed by atoms with Gasteiger partial charge in [-0.1, -0.05) is 18.2 Å². The van der Waals surface area contributed by atoms with Crippen molar-refractivity contribution in [3.05, 3.63) is 91.1 Å². The van der Waals surface area contributed by atoms with Crippen LogP contribution in [-0.4, -0.2) is 37.9 Å². The van der Waals surface area contributed by atoms with Gasteiger partial charge >= 0.3 is 5.69 Å². The average molecular weight is 494 g/mol. The van der Waals surface area contributed by atoms with Crippen molar-refractivity contribution in [2.24, 2.45) is 12.1 Å². The molecule has 0 saturated heterocycles. The number of thiophene rings is 1. The minimum absolute atomic E-state index is 0.101. The molecule has 1 aliphatic heterocycles. The van der Waals surface area contributed by atoms with Crippen molar-refractivity contribution in [3.8, 4) is 5.75 Å². The fourth-order valence-corrected chi connectivity index (χ4v) is 4.90.